The molecule has 21 heavy (non-hydrogen) atoms. The highest BCUT2D eigenvalue weighted by atomic mass is 16.5. The molecule has 1 fully saturated rings. The van der Waals surface area contributed by atoms with E-state index in [1.807, 2.05) is 0 Å². The first-order chi connectivity index (χ1) is 10.2. The van der Waals surface area contributed by atoms with E-state index in [4.69, 9.17) is 9.84 Å². The van der Waals surface area contributed by atoms with E-state index in [9.17, 15) is 9.59 Å². The lowest BCUT2D eigenvalue weighted by Crippen LogP contribution is -2.54. The van der Waals surface area contributed by atoms with Gasteiger partial charge in [-0.05, 0) is 17.7 Å². The Morgan fingerprint density at radius 2 is 2.33 bits per heavy atom. The Hall–Kier alpha value is -2.34. The summed E-state index contributed by atoms with van der Waals surface area (Å²) >= 11 is 0. The van der Waals surface area contributed by atoms with Gasteiger partial charge in [-0.3, -0.25) is 4.79 Å². The number of fused-ring (bicyclic) bond motifs is 2. The normalized spacial score (nSPS) is 21.4. The minimum absolute atomic E-state index is 0.00922. The van der Waals surface area contributed by atoms with Crippen molar-refractivity contribution in [3.05, 3.63) is 35.4 Å². The summed E-state index contributed by atoms with van der Waals surface area (Å²) in [5.41, 5.74) is 1.01. The summed E-state index contributed by atoms with van der Waals surface area (Å²) in [5, 5.41) is 12.0. The second kappa shape index (κ2) is 5.57. The van der Waals surface area contributed by atoms with E-state index in [-0.39, 0.29) is 11.9 Å². The monoisotopic (exact) mass is 288 g/mol. The molecule has 3 rings (SSSR count). The third-order valence-electron chi connectivity index (χ3n) is 3.72. The van der Waals surface area contributed by atoms with Crippen LogP contribution in [-0.4, -0.2) is 54.2 Å². The van der Waals surface area contributed by atoms with E-state index in [0.717, 1.165) is 12.6 Å². The number of carbonyl (C=O) groups excluding carboxylic acids is 1. The molecule has 2 aliphatic rings. The van der Waals surface area contributed by atoms with Crippen molar-refractivity contribution in [2.45, 2.75) is 6.04 Å². The van der Waals surface area contributed by atoms with Crippen LogP contribution >= 0.6 is 0 Å². The van der Waals surface area contributed by atoms with E-state index in [0.29, 0.717) is 36.6 Å². The first-order valence-electron chi connectivity index (χ1n) is 6.85. The number of nitrogens with zero attached hydrogens (tertiary/aromatic N) is 1. The molecule has 6 nitrogen and oxygen atoms in total. The predicted octanol–water partition coefficient (Wildman–Crippen LogP) is 0.591. The third kappa shape index (κ3) is 2.62. The fourth-order valence-corrected chi connectivity index (χ4v) is 2.70. The van der Waals surface area contributed by atoms with Crippen LogP contribution in [0.15, 0.2) is 24.3 Å². The zero-order valence-electron chi connectivity index (χ0n) is 11.4. The zero-order valence-corrected chi connectivity index (χ0v) is 11.4. The number of hydrogen-bond acceptors (Lipinski definition) is 4. The van der Waals surface area contributed by atoms with Crippen molar-refractivity contribution in [1.82, 2.24) is 10.2 Å². The van der Waals surface area contributed by atoms with E-state index < -0.39 is 5.97 Å². The van der Waals surface area contributed by atoms with Crippen LogP contribution in [0.5, 0.6) is 5.75 Å². The lowest BCUT2D eigenvalue weighted by atomic mass is 10.0. The van der Waals surface area contributed by atoms with Gasteiger partial charge in [-0.1, -0.05) is 12.1 Å². The number of ether oxygens (including phenoxy) is 1. The molecule has 1 unspecified atom stereocenters. The summed E-state index contributed by atoms with van der Waals surface area (Å²) in [6, 6.07) is 5.24. The lowest BCUT2D eigenvalue weighted by Gasteiger charge is -2.34. The number of nitrogens with one attached hydrogen (secondary N) is 1. The highest BCUT2D eigenvalue weighted by Crippen LogP contribution is 2.29. The fraction of sp³-hybridized carbons (Fsp3) is 0.333. The van der Waals surface area contributed by atoms with Crippen LogP contribution in [0, 0.1) is 0 Å². The van der Waals surface area contributed by atoms with E-state index >= 15 is 0 Å². The molecule has 2 N–H and O–H groups in total. The maximum Gasteiger partial charge on any atom is 0.328 e. The lowest BCUT2D eigenvalue weighted by molar-refractivity contribution is -0.131. The number of benzene rings is 1. The molecule has 0 aromatic heterocycles. The summed E-state index contributed by atoms with van der Waals surface area (Å²) in [5.74, 6) is -0.629. The molecular weight excluding hydrogens is 272 g/mol. The van der Waals surface area contributed by atoms with Gasteiger partial charge in [0.1, 0.15) is 12.4 Å². The average Bonchev–Trinajstić information content (AvgIpc) is 2.64. The topological polar surface area (TPSA) is 78.9 Å². The number of rotatable bonds is 2. The Balaban J connectivity index is 2.02. The molecule has 2 aliphatic heterocycles. The standard InChI is InChI=1S/C15H16N2O4/c18-13(19)5-4-10-2-1-3-12-14(10)15(20)17-7-6-16-8-11(17)9-21-12/h1-5,11,16H,6-9H2,(H,18,19)/b5-4+. The molecule has 1 aromatic rings. The van der Waals surface area contributed by atoms with Crippen LogP contribution < -0.4 is 10.1 Å². The summed E-state index contributed by atoms with van der Waals surface area (Å²) in [7, 11) is 0. The Morgan fingerprint density at radius 1 is 1.48 bits per heavy atom. The van der Waals surface area contributed by atoms with Crippen LogP contribution in [0.25, 0.3) is 6.08 Å². The number of aliphatic carboxylic acids is 1. The molecule has 0 saturated carbocycles. The molecule has 1 atom stereocenters. The van der Waals surface area contributed by atoms with Crippen molar-refractivity contribution < 1.29 is 19.4 Å². The Bertz CT molecular complexity index is 612. The molecule has 0 aliphatic carbocycles. The molecule has 0 radical (unpaired) electrons. The summed E-state index contributed by atoms with van der Waals surface area (Å²) < 4.78 is 5.75. The van der Waals surface area contributed by atoms with Gasteiger partial charge in [0.15, 0.2) is 0 Å². The number of amides is 1. The molecule has 1 amide bonds. The van der Waals surface area contributed by atoms with Crippen molar-refractivity contribution >= 4 is 18.0 Å². The van der Waals surface area contributed by atoms with Crippen LogP contribution in [0.3, 0.4) is 0 Å². The fourth-order valence-electron chi connectivity index (χ4n) is 2.70. The number of carboxylic acids is 1. The maximum absolute atomic E-state index is 12.8. The van der Waals surface area contributed by atoms with Crippen LogP contribution in [0.1, 0.15) is 15.9 Å². The Kier molecular flexibility index (Phi) is 3.62. The first kappa shape index (κ1) is 13.6. The van der Waals surface area contributed by atoms with Crippen LogP contribution in [-0.2, 0) is 4.79 Å². The van der Waals surface area contributed by atoms with E-state index in [1.165, 1.54) is 6.08 Å². The van der Waals surface area contributed by atoms with E-state index in [2.05, 4.69) is 5.32 Å². The van der Waals surface area contributed by atoms with Gasteiger partial charge in [0, 0.05) is 25.7 Å². The van der Waals surface area contributed by atoms with Gasteiger partial charge in [-0.15, -0.1) is 0 Å². The average molecular weight is 288 g/mol. The van der Waals surface area contributed by atoms with Gasteiger partial charge in [0.2, 0.25) is 0 Å². The Morgan fingerprint density at radius 3 is 3.14 bits per heavy atom. The number of piperazine rings is 1. The smallest absolute Gasteiger partial charge is 0.328 e. The highest BCUT2D eigenvalue weighted by Gasteiger charge is 2.33. The third-order valence-corrected chi connectivity index (χ3v) is 3.72. The molecule has 1 saturated heterocycles. The SMILES string of the molecule is O=C(O)/C=C/c1cccc2c1C(=O)N1CCNCC1CO2. The van der Waals surface area contributed by atoms with Crippen LogP contribution in [0.4, 0.5) is 0 Å². The molecule has 0 bridgehead atoms. The van der Waals surface area contributed by atoms with Gasteiger partial charge in [-0.2, -0.15) is 0 Å². The minimum atomic E-state index is -1.05. The van der Waals surface area contributed by atoms with Gasteiger partial charge in [0.25, 0.3) is 5.91 Å². The van der Waals surface area contributed by atoms with Crippen LogP contribution in [0.2, 0.25) is 0 Å². The number of hydrogen-bond donors (Lipinski definition) is 2. The van der Waals surface area contributed by atoms with Crippen molar-refractivity contribution in [2.75, 3.05) is 26.2 Å². The number of carbonyl (C=O) groups is 2. The quantitative estimate of drug-likeness (QED) is 0.779. The summed E-state index contributed by atoms with van der Waals surface area (Å²) in [6.45, 7) is 2.53. The second-order valence-corrected chi connectivity index (χ2v) is 5.06. The molecule has 1 aromatic carbocycles. The molecule has 0 spiro atoms. The Labute approximate surface area is 122 Å². The van der Waals surface area contributed by atoms with Crippen molar-refractivity contribution in [2.24, 2.45) is 0 Å². The highest BCUT2D eigenvalue weighted by molar-refractivity contribution is 6.02. The largest absolute Gasteiger partial charge is 0.491 e. The molecule has 2 heterocycles. The molecule has 110 valence electrons. The minimum Gasteiger partial charge on any atom is -0.491 e. The maximum atomic E-state index is 12.8. The molecular formula is C15H16N2O4. The van der Waals surface area contributed by atoms with E-state index in [1.54, 1.807) is 23.1 Å². The van der Waals surface area contributed by atoms with Crippen molar-refractivity contribution in [3.8, 4) is 5.75 Å². The first-order valence-corrected chi connectivity index (χ1v) is 6.85. The summed E-state index contributed by atoms with van der Waals surface area (Å²) in [6.07, 6.45) is 2.47. The van der Waals surface area contributed by atoms with Crippen molar-refractivity contribution in [1.29, 1.82) is 0 Å². The van der Waals surface area contributed by atoms with Gasteiger partial charge in [-0.25, -0.2) is 4.79 Å². The second-order valence-electron chi connectivity index (χ2n) is 5.06. The van der Waals surface area contributed by atoms with Gasteiger partial charge < -0.3 is 20.1 Å². The zero-order chi connectivity index (χ0) is 14.8. The van der Waals surface area contributed by atoms with Crippen molar-refractivity contribution in [3.63, 3.8) is 0 Å². The van der Waals surface area contributed by atoms with Gasteiger partial charge >= 0.3 is 5.97 Å². The predicted molar refractivity (Wildman–Crippen MR) is 76.3 cm³/mol. The van der Waals surface area contributed by atoms with Gasteiger partial charge in [0.05, 0.1) is 11.6 Å². The number of carboxylic acid groups (broad SMARTS) is 1. The molecule has 6 heteroatoms. The summed E-state index contributed by atoms with van der Waals surface area (Å²) in [4.78, 5) is 25.3.